The van der Waals surface area contributed by atoms with Gasteiger partial charge in [0.15, 0.2) is 0 Å². The number of piperazine rings is 1. The summed E-state index contributed by atoms with van der Waals surface area (Å²) >= 11 is 1.41. The molecule has 3 aliphatic rings. The summed E-state index contributed by atoms with van der Waals surface area (Å²) in [6, 6.07) is 6.33. The van der Waals surface area contributed by atoms with Crippen LogP contribution in [0.5, 0.6) is 5.75 Å². The van der Waals surface area contributed by atoms with Crippen LogP contribution in [0.4, 0.5) is 0 Å². The van der Waals surface area contributed by atoms with Crippen molar-refractivity contribution in [2.45, 2.75) is 69.7 Å². The van der Waals surface area contributed by atoms with Gasteiger partial charge in [-0.25, -0.2) is 4.98 Å². The summed E-state index contributed by atoms with van der Waals surface area (Å²) in [5.41, 5.74) is 0.865. The maximum Gasteiger partial charge on any atom is 0.246 e. The van der Waals surface area contributed by atoms with Crippen molar-refractivity contribution in [3.8, 4) is 5.75 Å². The molecule has 4 atom stereocenters. The zero-order valence-corrected chi connectivity index (χ0v) is 25.7. The number of aromatic nitrogens is 1. The average Bonchev–Trinajstić information content (AvgIpc) is 3.66. The lowest BCUT2D eigenvalue weighted by molar-refractivity contribution is -0.144. The van der Waals surface area contributed by atoms with Crippen LogP contribution in [0, 0.1) is 5.92 Å². The molecule has 4 unspecified atom stereocenters. The molecule has 3 fully saturated rings. The van der Waals surface area contributed by atoms with E-state index in [0.29, 0.717) is 36.7 Å². The lowest BCUT2D eigenvalue weighted by atomic mass is 9.83. The Labute approximate surface area is 252 Å². The van der Waals surface area contributed by atoms with Gasteiger partial charge in [0.2, 0.25) is 17.6 Å². The Bertz CT molecular complexity index is 1250. The molecule has 2 aliphatic heterocycles. The first-order valence-corrected chi connectivity index (χ1v) is 16.0. The number of fused-ring (bicyclic) bond motifs is 1. The smallest absolute Gasteiger partial charge is 0.246 e. The quantitative estimate of drug-likeness (QED) is 0.380. The van der Waals surface area contributed by atoms with E-state index in [2.05, 4.69) is 15.5 Å². The molecule has 228 valence electrons. The van der Waals surface area contributed by atoms with E-state index in [-0.39, 0.29) is 48.2 Å². The Morgan fingerprint density at radius 3 is 2.69 bits per heavy atom. The molecule has 2 amide bonds. The number of hydrogen-bond donors (Lipinski definition) is 2. The largest absolute Gasteiger partial charge is 0.497 e. The SMILES string of the molecule is CCOC1CC2CN(C(=O)C(NC(=O)CNC)C3CCCCC3)C(c3nc(C(=O)c4cccc(OC)c4)cs3)CN2C1. The van der Waals surface area contributed by atoms with Crippen molar-refractivity contribution in [1.82, 2.24) is 25.4 Å². The highest BCUT2D eigenvalue weighted by Crippen LogP contribution is 2.37. The summed E-state index contributed by atoms with van der Waals surface area (Å²) in [5.74, 6) is 0.311. The van der Waals surface area contributed by atoms with Gasteiger partial charge in [-0.2, -0.15) is 0 Å². The predicted molar refractivity (Wildman–Crippen MR) is 161 cm³/mol. The van der Waals surface area contributed by atoms with E-state index in [1.165, 1.54) is 11.3 Å². The van der Waals surface area contributed by atoms with Gasteiger partial charge >= 0.3 is 0 Å². The fourth-order valence-electron chi connectivity index (χ4n) is 6.71. The molecule has 0 spiro atoms. The highest BCUT2D eigenvalue weighted by atomic mass is 32.1. The van der Waals surface area contributed by atoms with Crippen LogP contribution >= 0.6 is 11.3 Å². The third-order valence-corrected chi connectivity index (χ3v) is 9.72. The molecule has 0 bridgehead atoms. The van der Waals surface area contributed by atoms with Gasteiger partial charge in [-0.3, -0.25) is 19.3 Å². The molecular weight excluding hydrogens is 554 g/mol. The van der Waals surface area contributed by atoms with E-state index in [4.69, 9.17) is 14.5 Å². The Hall–Kier alpha value is -2.86. The van der Waals surface area contributed by atoms with Crippen molar-refractivity contribution in [2.75, 3.05) is 46.9 Å². The number of nitrogens with one attached hydrogen (secondary N) is 2. The Morgan fingerprint density at radius 1 is 1.14 bits per heavy atom. The minimum Gasteiger partial charge on any atom is -0.497 e. The molecule has 1 aliphatic carbocycles. The van der Waals surface area contributed by atoms with Gasteiger partial charge in [-0.1, -0.05) is 31.4 Å². The highest BCUT2D eigenvalue weighted by molar-refractivity contribution is 7.10. The predicted octanol–water partition coefficient (Wildman–Crippen LogP) is 3.03. The number of nitrogens with zero attached hydrogens (tertiary/aromatic N) is 3. The fraction of sp³-hybridized carbons (Fsp3) is 0.613. The maximum absolute atomic E-state index is 14.5. The Kier molecular flexibility index (Phi) is 10.3. The Balaban J connectivity index is 1.44. The fourth-order valence-corrected chi connectivity index (χ4v) is 7.61. The first-order chi connectivity index (χ1) is 20.4. The van der Waals surface area contributed by atoms with Crippen molar-refractivity contribution >= 4 is 28.9 Å². The number of carbonyl (C=O) groups is 3. The number of amides is 2. The summed E-state index contributed by atoms with van der Waals surface area (Å²) in [6.07, 6.45) is 6.13. The standard InChI is InChI=1S/C31H43N5O5S/c1-4-41-24-14-22-16-36(31(39)28(34-27(37)15-32-2)20-9-6-5-7-10-20)26(18-35(22)17-24)30-33-25(19-42-30)29(38)21-11-8-12-23(13-21)40-3/h8,11-13,19-20,22,24,26,28,32H,4-7,9-10,14-18H2,1-3H3,(H,34,37). The molecule has 1 aromatic heterocycles. The minimum absolute atomic E-state index is 0.0493. The van der Waals surface area contributed by atoms with Crippen LogP contribution in [0.3, 0.4) is 0 Å². The lowest BCUT2D eigenvalue weighted by Crippen LogP contribution is -2.60. The topological polar surface area (TPSA) is 113 Å². The molecule has 10 nitrogen and oxygen atoms in total. The maximum atomic E-state index is 14.5. The second kappa shape index (κ2) is 14.1. The molecule has 1 saturated carbocycles. The zero-order valence-electron chi connectivity index (χ0n) is 24.8. The first kappa shape index (κ1) is 30.6. The van der Waals surface area contributed by atoms with E-state index in [1.807, 2.05) is 11.8 Å². The molecule has 42 heavy (non-hydrogen) atoms. The van der Waals surface area contributed by atoms with Crippen molar-refractivity contribution in [3.63, 3.8) is 0 Å². The average molecular weight is 598 g/mol. The van der Waals surface area contributed by atoms with E-state index in [1.54, 1.807) is 43.8 Å². The molecule has 2 saturated heterocycles. The number of carbonyl (C=O) groups excluding carboxylic acids is 3. The second-order valence-corrected chi connectivity index (χ2v) is 12.4. The summed E-state index contributed by atoms with van der Waals surface area (Å²) in [6.45, 7) is 4.78. The lowest BCUT2D eigenvalue weighted by Gasteiger charge is -2.45. The van der Waals surface area contributed by atoms with Gasteiger partial charge in [0.25, 0.3) is 0 Å². The van der Waals surface area contributed by atoms with Crippen LogP contribution < -0.4 is 15.4 Å². The van der Waals surface area contributed by atoms with Crippen molar-refractivity contribution in [2.24, 2.45) is 5.92 Å². The monoisotopic (exact) mass is 597 g/mol. The van der Waals surface area contributed by atoms with Gasteiger partial charge in [0.05, 0.1) is 25.8 Å². The molecular formula is C31H43N5O5S. The van der Waals surface area contributed by atoms with Gasteiger partial charge in [-0.15, -0.1) is 11.3 Å². The molecule has 5 rings (SSSR count). The molecule has 11 heteroatoms. The van der Waals surface area contributed by atoms with Gasteiger partial charge < -0.3 is 25.0 Å². The number of thiazole rings is 1. The molecule has 0 radical (unpaired) electrons. The van der Waals surface area contributed by atoms with Crippen molar-refractivity contribution < 1.29 is 23.9 Å². The number of likely N-dealkylation sites (N-methyl/N-ethyl adjacent to an activating group) is 1. The van der Waals surface area contributed by atoms with Crippen LogP contribution in [0.15, 0.2) is 29.6 Å². The summed E-state index contributed by atoms with van der Waals surface area (Å²) in [7, 11) is 3.30. The number of hydrogen-bond acceptors (Lipinski definition) is 9. The number of benzene rings is 1. The third kappa shape index (κ3) is 6.85. The normalized spacial score (nSPS) is 23.8. The molecule has 2 aromatic rings. The van der Waals surface area contributed by atoms with Crippen LogP contribution in [-0.4, -0.2) is 97.5 Å². The van der Waals surface area contributed by atoms with Crippen LogP contribution in [0.2, 0.25) is 0 Å². The van der Waals surface area contributed by atoms with Crippen LogP contribution in [0.25, 0.3) is 0 Å². The zero-order chi connectivity index (χ0) is 29.6. The van der Waals surface area contributed by atoms with E-state index in [9.17, 15) is 14.4 Å². The molecule has 1 aromatic carbocycles. The third-order valence-electron chi connectivity index (χ3n) is 8.78. The van der Waals surface area contributed by atoms with Crippen molar-refractivity contribution in [1.29, 1.82) is 0 Å². The van der Waals surface area contributed by atoms with E-state index < -0.39 is 6.04 Å². The van der Waals surface area contributed by atoms with Crippen LogP contribution in [0.1, 0.15) is 72.6 Å². The van der Waals surface area contributed by atoms with E-state index in [0.717, 1.165) is 50.1 Å². The van der Waals surface area contributed by atoms with Gasteiger partial charge in [0.1, 0.15) is 22.5 Å². The number of rotatable bonds is 11. The number of ether oxygens (including phenoxy) is 2. The first-order valence-electron chi connectivity index (χ1n) is 15.2. The molecule has 2 N–H and O–H groups in total. The van der Waals surface area contributed by atoms with Crippen molar-refractivity contribution in [3.05, 3.63) is 45.9 Å². The van der Waals surface area contributed by atoms with Gasteiger partial charge in [-0.05, 0) is 51.3 Å². The number of methoxy groups -OCH3 is 1. The van der Waals surface area contributed by atoms with Gasteiger partial charge in [0, 0.05) is 43.2 Å². The van der Waals surface area contributed by atoms with Crippen LogP contribution in [-0.2, 0) is 14.3 Å². The Morgan fingerprint density at radius 2 is 1.95 bits per heavy atom. The van der Waals surface area contributed by atoms with E-state index >= 15 is 0 Å². The number of ketones is 1. The highest BCUT2D eigenvalue weighted by Gasteiger charge is 2.46. The summed E-state index contributed by atoms with van der Waals surface area (Å²) < 4.78 is 11.3. The summed E-state index contributed by atoms with van der Waals surface area (Å²) in [5, 5.41) is 8.51. The summed E-state index contributed by atoms with van der Waals surface area (Å²) in [4.78, 5) is 49.7. The molecule has 3 heterocycles. The minimum atomic E-state index is -0.581. The second-order valence-electron chi connectivity index (χ2n) is 11.5.